The second-order valence-electron chi connectivity index (χ2n) is 10.8. The first kappa shape index (κ1) is 29.5. The molecule has 0 saturated carbocycles. The van der Waals surface area contributed by atoms with E-state index in [1.807, 2.05) is 42.5 Å². The molecule has 9 nitrogen and oxygen atoms in total. The Hall–Kier alpha value is -3.99. The summed E-state index contributed by atoms with van der Waals surface area (Å²) in [5.74, 6) is 0.236. The number of hydrogen-bond acceptors (Lipinski definition) is 8. The Morgan fingerprint density at radius 1 is 1.12 bits per heavy atom. The van der Waals surface area contributed by atoms with Gasteiger partial charge in [-0.15, -0.1) is 11.3 Å². The number of aliphatic hydroxyl groups is 1. The second-order valence-corrected chi connectivity index (χ2v) is 11.8. The molecule has 1 fully saturated rings. The van der Waals surface area contributed by atoms with E-state index in [-0.39, 0.29) is 11.9 Å². The van der Waals surface area contributed by atoms with Crippen LogP contribution in [0.1, 0.15) is 69.0 Å². The maximum absolute atomic E-state index is 12.5. The number of piperidine rings is 1. The predicted molar refractivity (Wildman–Crippen MR) is 169 cm³/mol. The number of aryl methyl sites for hydroxylation is 1. The van der Waals surface area contributed by atoms with Crippen LogP contribution in [0.3, 0.4) is 0 Å². The predicted octanol–water partition coefficient (Wildman–Crippen LogP) is 4.15. The van der Waals surface area contributed by atoms with E-state index in [2.05, 4.69) is 28.5 Å². The number of pyridine rings is 1. The Morgan fingerprint density at radius 3 is 2.50 bits per heavy atom. The van der Waals surface area contributed by atoms with Gasteiger partial charge in [0.25, 0.3) is 11.8 Å². The number of rotatable bonds is 11. The molecule has 1 aliphatic rings. The highest BCUT2D eigenvalue weighted by Gasteiger charge is 2.24. The highest BCUT2D eigenvalue weighted by atomic mass is 32.1. The molecule has 1 aliphatic heterocycles. The quantitative estimate of drug-likeness (QED) is 0.177. The summed E-state index contributed by atoms with van der Waals surface area (Å²) >= 11 is 1.26. The maximum Gasteiger partial charge on any atom is 0.260 e. The van der Waals surface area contributed by atoms with E-state index in [1.165, 1.54) is 11.3 Å². The highest BCUT2D eigenvalue weighted by Crippen LogP contribution is 2.37. The van der Waals surface area contributed by atoms with Crippen molar-refractivity contribution >= 4 is 44.9 Å². The van der Waals surface area contributed by atoms with Crippen molar-refractivity contribution in [2.45, 2.75) is 51.3 Å². The molecule has 4 aromatic rings. The molecule has 220 valence electrons. The van der Waals surface area contributed by atoms with E-state index >= 15 is 0 Å². The Morgan fingerprint density at radius 2 is 1.83 bits per heavy atom. The van der Waals surface area contributed by atoms with Gasteiger partial charge in [0, 0.05) is 43.2 Å². The first-order valence-corrected chi connectivity index (χ1v) is 15.3. The average molecular weight is 587 g/mol. The smallest absolute Gasteiger partial charge is 0.260 e. The lowest BCUT2D eigenvalue weighted by Crippen LogP contribution is -2.44. The van der Waals surface area contributed by atoms with Gasteiger partial charge >= 0.3 is 0 Å². The van der Waals surface area contributed by atoms with Crippen molar-refractivity contribution in [3.05, 3.63) is 87.8 Å². The van der Waals surface area contributed by atoms with E-state index in [1.54, 1.807) is 12.1 Å². The summed E-state index contributed by atoms with van der Waals surface area (Å²) in [5.41, 5.74) is 15.7. The number of thiophene rings is 1. The van der Waals surface area contributed by atoms with Crippen molar-refractivity contribution < 1.29 is 14.7 Å². The summed E-state index contributed by atoms with van der Waals surface area (Å²) in [6, 6.07) is 19.3. The molecule has 2 amide bonds. The van der Waals surface area contributed by atoms with Crippen molar-refractivity contribution in [2.75, 3.05) is 30.3 Å². The number of aromatic nitrogens is 1. The van der Waals surface area contributed by atoms with Crippen LogP contribution in [0.15, 0.2) is 60.7 Å². The van der Waals surface area contributed by atoms with Gasteiger partial charge in [0.2, 0.25) is 0 Å². The number of hydrogen-bond donors (Lipinski definition) is 5. The minimum Gasteiger partial charge on any atom is -0.397 e. The minimum absolute atomic E-state index is 0.143. The summed E-state index contributed by atoms with van der Waals surface area (Å²) in [5, 5.41) is 18.1. The van der Waals surface area contributed by atoms with E-state index in [0.29, 0.717) is 29.2 Å². The van der Waals surface area contributed by atoms with Gasteiger partial charge in [-0.3, -0.25) is 9.59 Å². The van der Waals surface area contributed by atoms with Crippen molar-refractivity contribution in [1.29, 1.82) is 0 Å². The number of anilines is 2. The van der Waals surface area contributed by atoms with E-state index in [0.717, 1.165) is 71.5 Å². The third-order valence-corrected chi connectivity index (χ3v) is 8.90. The molecule has 10 heteroatoms. The summed E-state index contributed by atoms with van der Waals surface area (Å²) < 4.78 is 0. The third kappa shape index (κ3) is 6.73. The molecule has 1 atom stereocenters. The lowest BCUT2D eigenvalue weighted by Gasteiger charge is -2.34. The number of amides is 2. The second kappa shape index (κ2) is 13.3. The lowest BCUT2D eigenvalue weighted by molar-refractivity contribution is 0.0949. The molecular weight excluding hydrogens is 548 g/mol. The van der Waals surface area contributed by atoms with Crippen LogP contribution in [0.5, 0.6) is 0 Å². The third-order valence-electron chi connectivity index (χ3n) is 7.78. The number of benzene rings is 2. The molecular formula is C32H38N6O3S. The number of nitrogen functional groups attached to an aromatic ring is 1. The molecule has 5 rings (SSSR count). The average Bonchev–Trinajstić information content (AvgIpc) is 3.36. The van der Waals surface area contributed by atoms with Gasteiger partial charge in [-0.1, -0.05) is 55.8 Å². The van der Waals surface area contributed by atoms with Crippen LogP contribution in [0.2, 0.25) is 0 Å². The number of aliphatic hydroxyl groups excluding tert-OH is 1. The van der Waals surface area contributed by atoms with Crippen molar-refractivity contribution in [2.24, 2.45) is 5.73 Å². The standard InChI is InChI=1S/C32H38N6O3S/c1-2-6-23-17-26(37-32-27(23)28(33)29(42-32)30(34)40)38-15-13-24(14-16-38)35-19-25(39)21-9-11-22(12-10-21)31(41)36-18-20-7-4-3-5-8-20/h3-5,7-12,17,24-25,35,39H,2,6,13-16,18-19,33H2,1H3,(H2,34,40)(H,36,41). The maximum atomic E-state index is 12.5. The van der Waals surface area contributed by atoms with Gasteiger partial charge in [0.05, 0.1) is 11.8 Å². The Balaban J connectivity index is 1.13. The molecule has 7 N–H and O–H groups in total. The zero-order valence-electron chi connectivity index (χ0n) is 23.8. The highest BCUT2D eigenvalue weighted by molar-refractivity contribution is 7.21. The van der Waals surface area contributed by atoms with Gasteiger partial charge in [-0.05, 0) is 54.2 Å². The van der Waals surface area contributed by atoms with Gasteiger partial charge in [0.15, 0.2) is 0 Å². The van der Waals surface area contributed by atoms with Gasteiger partial charge in [-0.2, -0.15) is 0 Å². The summed E-state index contributed by atoms with van der Waals surface area (Å²) in [6.07, 6.45) is 2.96. The lowest BCUT2D eigenvalue weighted by atomic mass is 10.0. The Labute approximate surface area is 249 Å². The molecule has 42 heavy (non-hydrogen) atoms. The normalized spacial score (nSPS) is 14.7. The number of carbonyl (C=O) groups is 2. The fourth-order valence-corrected chi connectivity index (χ4v) is 6.43. The zero-order chi connectivity index (χ0) is 29.6. The van der Waals surface area contributed by atoms with Gasteiger partial charge in [-0.25, -0.2) is 4.98 Å². The van der Waals surface area contributed by atoms with E-state index in [4.69, 9.17) is 16.5 Å². The largest absolute Gasteiger partial charge is 0.397 e. The number of primary amides is 1. The Kier molecular flexibility index (Phi) is 9.36. The fourth-order valence-electron chi connectivity index (χ4n) is 5.44. The number of carbonyl (C=O) groups excluding carboxylic acids is 2. The van der Waals surface area contributed by atoms with Crippen LogP contribution in [-0.2, 0) is 13.0 Å². The summed E-state index contributed by atoms with van der Waals surface area (Å²) in [7, 11) is 0. The van der Waals surface area contributed by atoms with Crippen LogP contribution < -0.4 is 27.0 Å². The van der Waals surface area contributed by atoms with Crippen LogP contribution in [0, 0.1) is 0 Å². The van der Waals surface area contributed by atoms with Crippen LogP contribution in [-0.4, -0.2) is 47.6 Å². The first-order valence-electron chi connectivity index (χ1n) is 14.4. The summed E-state index contributed by atoms with van der Waals surface area (Å²) in [4.78, 5) is 32.6. The molecule has 0 aliphatic carbocycles. The topological polar surface area (TPSA) is 147 Å². The fraction of sp³-hybridized carbons (Fsp3) is 0.344. The molecule has 1 unspecified atom stereocenters. The summed E-state index contributed by atoms with van der Waals surface area (Å²) in [6.45, 7) is 4.67. The zero-order valence-corrected chi connectivity index (χ0v) is 24.6. The number of nitrogens with two attached hydrogens (primary N) is 2. The number of nitrogens with zero attached hydrogens (tertiary/aromatic N) is 2. The molecule has 0 bridgehead atoms. The van der Waals surface area contributed by atoms with Crippen LogP contribution in [0.4, 0.5) is 11.5 Å². The number of nitrogens with one attached hydrogen (secondary N) is 2. The van der Waals surface area contributed by atoms with Crippen molar-refractivity contribution in [1.82, 2.24) is 15.6 Å². The monoisotopic (exact) mass is 586 g/mol. The van der Waals surface area contributed by atoms with Crippen LogP contribution >= 0.6 is 11.3 Å². The molecule has 0 spiro atoms. The molecule has 1 saturated heterocycles. The van der Waals surface area contributed by atoms with Crippen molar-refractivity contribution in [3.63, 3.8) is 0 Å². The van der Waals surface area contributed by atoms with Crippen molar-refractivity contribution in [3.8, 4) is 0 Å². The first-order chi connectivity index (χ1) is 20.3. The molecule has 2 aromatic carbocycles. The molecule has 3 heterocycles. The van der Waals surface area contributed by atoms with Crippen LogP contribution in [0.25, 0.3) is 10.2 Å². The SMILES string of the molecule is CCCc1cc(N2CCC(NCC(O)c3ccc(C(=O)NCc4ccccc4)cc3)CC2)nc2sc(C(N)=O)c(N)c12. The molecule has 0 radical (unpaired) electrons. The Bertz CT molecular complexity index is 1530. The molecule has 2 aromatic heterocycles. The van der Waals surface area contributed by atoms with Gasteiger partial charge < -0.3 is 32.1 Å². The van der Waals surface area contributed by atoms with E-state index < -0.39 is 12.0 Å². The minimum atomic E-state index is -0.672. The number of fused-ring (bicyclic) bond motifs is 1. The van der Waals surface area contributed by atoms with Gasteiger partial charge in [0.1, 0.15) is 15.5 Å². The van der Waals surface area contributed by atoms with E-state index in [9.17, 15) is 14.7 Å².